The average molecular weight is 308 g/mol. The number of pyridine rings is 1. The minimum atomic E-state index is -1.40. The monoisotopic (exact) mass is 308 g/mol. The van der Waals surface area contributed by atoms with Gasteiger partial charge in [0.05, 0.1) is 11.3 Å². The molecule has 1 spiro atoms. The number of carbonyl (C=O) groups excluding carboxylic acids is 2. The van der Waals surface area contributed by atoms with Crippen LogP contribution in [0, 0.1) is 0 Å². The van der Waals surface area contributed by atoms with E-state index < -0.39 is 5.60 Å². The Labute approximate surface area is 133 Å². The molecule has 5 heteroatoms. The van der Waals surface area contributed by atoms with E-state index in [9.17, 15) is 9.59 Å². The quantitative estimate of drug-likeness (QED) is 0.760. The van der Waals surface area contributed by atoms with E-state index in [2.05, 4.69) is 4.98 Å². The Morgan fingerprint density at radius 2 is 1.87 bits per heavy atom. The highest BCUT2D eigenvalue weighted by Crippen LogP contribution is 2.41. The van der Waals surface area contributed by atoms with Crippen LogP contribution in [0.5, 0.6) is 0 Å². The third-order valence-electron chi connectivity index (χ3n) is 4.44. The second-order valence-corrected chi connectivity index (χ2v) is 5.81. The van der Waals surface area contributed by atoms with Crippen LogP contribution in [0.2, 0.25) is 0 Å². The molecule has 3 heterocycles. The van der Waals surface area contributed by atoms with E-state index in [0.717, 1.165) is 12.8 Å². The number of amides is 1. The number of rotatable bonds is 1. The van der Waals surface area contributed by atoms with Gasteiger partial charge in [-0.2, -0.15) is 0 Å². The normalized spacial score (nSPS) is 23.9. The predicted molar refractivity (Wildman–Crippen MR) is 84.7 cm³/mol. The van der Waals surface area contributed by atoms with Gasteiger partial charge in [0.1, 0.15) is 0 Å². The summed E-state index contributed by atoms with van der Waals surface area (Å²) in [7, 11) is 0. The van der Waals surface area contributed by atoms with Gasteiger partial charge in [0, 0.05) is 12.8 Å². The third-order valence-corrected chi connectivity index (χ3v) is 4.44. The minimum Gasteiger partial charge on any atom is -0.357 e. The van der Waals surface area contributed by atoms with Crippen molar-refractivity contribution in [2.24, 2.45) is 0 Å². The molecule has 0 bridgehead atoms. The zero-order valence-electron chi connectivity index (χ0n) is 12.6. The molecule has 5 nitrogen and oxygen atoms in total. The first-order chi connectivity index (χ1) is 11.2. The van der Waals surface area contributed by atoms with Crippen LogP contribution in [0.15, 0.2) is 48.7 Å². The Kier molecular flexibility index (Phi) is 3.23. The standard InChI is InChI=1S/C18H16N2O3/c21-15-14-9-6-11-19-16(14)20(13-7-2-1-3-8-13)17(22)18(15)10-4-5-12-23-18/h1-3,6-9,11H,4-5,10,12H2. The number of ketones is 1. The summed E-state index contributed by atoms with van der Waals surface area (Å²) in [6.45, 7) is 0.426. The molecule has 1 atom stereocenters. The number of ether oxygens (including phenoxy) is 1. The van der Waals surface area contributed by atoms with Crippen LogP contribution in [0.4, 0.5) is 11.5 Å². The molecule has 2 aliphatic rings. The summed E-state index contributed by atoms with van der Waals surface area (Å²) in [5, 5.41) is 0. The van der Waals surface area contributed by atoms with E-state index in [1.54, 1.807) is 18.3 Å². The van der Waals surface area contributed by atoms with E-state index in [-0.39, 0.29) is 11.7 Å². The highest BCUT2D eigenvalue weighted by atomic mass is 16.5. The Balaban J connectivity index is 1.93. The van der Waals surface area contributed by atoms with Crippen molar-refractivity contribution in [1.29, 1.82) is 0 Å². The van der Waals surface area contributed by atoms with E-state index in [1.165, 1.54) is 4.90 Å². The molecule has 0 radical (unpaired) electrons. The maximum absolute atomic E-state index is 13.2. The lowest BCUT2D eigenvalue weighted by Gasteiger charge is -2.42. The second kappa shape index (κ2) is 5.28. The summed E-state index contributed by atoms with van der Waals surface area (Å²) in [4.78, 5) is 32.0. The van der Waals surface area contributed by atoms with Crippen LogP contribution in [0.25, 0.3) is 0 Å². The van der Waals surface area contributed by atoms with Gasteiger partial charge in [0.2, 0.25) is 11.4 Å². The molecule has 1 aromatic carbocycles. The maximum atomic E-state index is 13.2. The van der Waals surface area contributed by atoms with Crippen LogP contribution in [-0.2, 0) is 9.53 Å². The highest BCUT2D eigenvalue weighted by molar-refractivity contribution is 6.28. The van der Waals surface area contributed by atoms with Crippen LogP contribution in [0.3, 0.4) is 0 Å². The van der Waals surface area contributed by atoms with Gasteiger partial charge < -0.3 is 4.74 Å². The summed E-state index contributed by atoms with van der Waals surface area (Å²) < 4.78 is 5.77. The molecular weight excluding hydrogens is 292 g/mol. The first-order valence-corrected chi connectivity index (χ1v) is 7.77. The molecule has 1 unspecified atom stereocenters. The molecule has 0 saturated carbocycles. The maximum Gasteiger partial charge on any atom is 0.273 e. The molecule has 23 heavy (non-hydrogen) atoms. The van der Waals surface area contributed by atoms with Crippen molar-refractivity contribution in [2.75, 3.05) is 11.5 Å². The molecule has 1 aromatic heterocycles. The number of nitrogens with zero attached hydrogens (tertiary/aromatic N) is 2. The lowest BCUT2D eigenvalue weighted by atomic mass is 9.81. The van der Waals surface area contributed by atoms with E-state index in [0.29, 0.717) is 30.1 Å². The Morgan fingerprint density at radius 3 is 2.61 bits per heavy atom. The largest absolute Gasteiger partial charge is 0.357 e. The summed E-state index contributed by atoms with van der Waals surface area (Å²) in [6.07, 6.45) is 3.68. The summed E-state index contributed by atoms with van der Waals surface area (Å²) >= 11 is 0. The molecule has 4 rings (SSSR count). The fraction of sp³-hybridized carbons (Fsp3) is 0.278. The molecule has 0 aliphatic carbocycles. The minimum absolute atomic E-state index is 0.266. The van der Waals surface area contributed by atoms with Crippen molar-refractivity contribution < 1.29 is 14.3 Å². The number of fused-ring (bicyclic) bond motifs is 1. The first-order valence-electron chi connectivity index (χ1n) is 7.77. The van der Waals surface area contributed by atoms with Crippen molar-refractivity contribution in [3.8, 4) is 0 Å². The van der Waals surface area contributed by atoms with Gasteiger partial charge in [-0.15, -0.1) is 0 Å². The van der Waals surface area contributed by atoms with Crippen LogP contribution in [-0.4, -0.2) is 28.9 Å². The third kappa shape index (κ3) is 2.00. The van der Waals surface area contributed by atoms with Gasteiger partial charge in [0.15, 0.2) is 5.82 Å². The first kappa shape index (κ1) is 14.1. The van der Waals surface area contributed by atoms with Crippen LogP contribution in [0.1, 0.15) is 29.6 Å². The van der Waals surface area contributed by atoms with Gasteiger partial charge in [-0.05, 0) is 43.5 Å². The second-order valence-electron chi connectivity index (χ2n) is 5.81. The van der Waals surface area contributed by atoms with Gasteiger partial charge in [-0.1, -0.05) is 18.2 Å². The summed E-state index contributed by atoms with van der Waals surface area (Å²) in [5.41, 5.74) is -0.263. The SMILES string of the molecule is O=C1c2cccnc2N(c2ccccc2)C(=O)C12CCCCO2. The summed E-state index contributed by atoms with van der Waals surface area (Å²) in [6, 6.07) is 12.7. The van der Waals surface area contributed by atoms with Crippen LogP contribution < -0.4 is 4.90 Å². The van der Waals surface area contributed by atoms with Gasteiger partial charge in [-0.3, -0.25) is 14.5 Å². The zero-order chi connectivity index (χ0) is 15.9. The van der Waals surface area contributed by atoms with E-state index in [4.69, 9.17) is 4.74 Å². The lowest BCUT2D eigenvalue weighted by Crippen LogP contribution is -2.59. The smallest absolute Gasteiger partial charge is 0.273 e. The molecule has 2 aliphatic heterocycles. The van der Waals surface area contributed by atoms with Crippen molar-refractivity contribution >= 4 is 23.2 Å². The fourth-order valence-corrected chi connectivity index (χ4v) is 3.30. The number of hydrogen-bond acceptors (Lipinski definition) is 4. The Hall–Kier alpha value is -2.53. The van der Waals surface area contributed by atoms with Gasteiger partial charge in [-0.25, -0.2) is 4.98 Å². The van der Waals surface area contributed by atoms with Crippen LogP contribution >= 0.6 is 0 Å². The van der Waals surface area contributed by atoms with E-state index in [1.807, 2.05) is 30.3 Å². The number of hydrogen-bond donors (Lipinski definition) is 0. The molecule has 1 saturated heterocycles. The molecule has 1 amide bonds. The number of Topliss-reactive ketones (excluding diaryl/α,β-unsaturated/α-hetero) is 1. The predicted octanol–water partition coefficient (Wildman–Crippen LogP) is 2.88. The number of anilines is 2. The zero-order valence-corrected chi connectivity index (χ0v) is 12.6. The fourth-order valence-electron chi connectivity index (χ4n) is 3.30. The Morgan fingerprint density at radius 1 is 1.04 bits per heavy atom. The number of benzene rings is 1. The topological polar surface area (TPSA) is 59.5 Å². The molecular formula is C18H16N2O3. The van der Waals surface area contributed by atoms with Crippen molar-refractivity contribution in [1.82, 2.24) is 4.98 Å². The number of aromatic nitrogens is 1. The highest BCUT2D eigenvalue weighted by Gasteiger charge is 2.55. The van der Waals surface area contributed by atoms with Crippen molar-refractivity contribution in [3.05, 3.63) is 54.2 Å². The van der Waals surface area contributed by atoms with Crippen molar-refractivity contribution in [2.45, 2.75) is 24.9 Å². The van der Waals surface area contributed by atoms with E-state index >= 15 is 0 Å². The van der Waals surface area contributed by atoms with Crippen molar-refractivity contribution in [3.63, 3.8) is 0 Å². The molecule has 2 aromatic rings. The van der Waals surface area contributed by atoms with Gasteiger partial charge >= 0.3 is 0 Å². The number of para-hydroxylation sites is 1. The number of carbonyl (C=O) groups is 2. The lowest BCUT2D eigenvalue weighted by molar-refractivity contribution is -0.142. The molecule has 116 valence electrons. The Bertz CT molecular complexity index is 767. The molecule has 1 fully saturated rings. The molecule has 0 N–H and O–H groups in total. The van der Waals surface area contributed by atoms with Gasteiger partial charge in [0.25, 0.3) is 5.91 Å². The summed E-state index contributed by atoms with van der Waals surface area (Å²) in [5.74, 6) is -0.217. The average Bonchev–Trinajstić information content (AvgIpc) is 2.62.